The molecule has 0 aliphatic carbocycles. The van der Waals surface area contributed by atoms with Crippen molar-refractivity contribution in [2.24, 2.45) is 0 Å². The fourth-order valence-electron chi connectivity index (χ4n) is 1.06. The van der Waals surface area contributed by atoms with Crippen LogP contribution >= 0.6 is 22.6 Å². The Morgan fingerprint density at radius 2 is 1.57 bits per heavy atom. The highest BCUT2D eigenvalue weighted by atomic mass is 127. The summed E-state index contributed by atoms with van der Waals surface area (Å²) in [4.78, 5) is 6.53. The van der Waals surface area contributed by atoms with E-state index in [1.165, 1.54) is 18.2 Å². The second-order valence-corrected chi connectivity index (χ2v) is 4.66. The van der Waals surface area contributed by atoms with E-state index in [4.69, 9.17) is 22.0 Å². The van der Waals surface area contributed by atoms with Gasteiger partial charge in [-0.25, -0.2) is 9.97 Å². The molecule has 2 aromatic heterocycles. The molecule has 0 saturated carbocycles. The molecular weight excluding hydrogens is 393 g/mol. The van der Waals surface area contributed by atoms with Crippen molar-refractivity contribution in [3.8, 4) is 12.1 Å². The van der Waals surface area contributed by atoms with Gasteiger partial charge in [0.1, 0.15) is 29.2 Å². The van der Waals surface area contributed by atoms with E-state index in [2.05, 4.69) is 9.97 Å². The normalized spacial score (nSPS) is 9.00. The number of rotatable bonds is 0. The number of nitriles is 2. The Hall–Kier alpha value is -2.53. The van der Waals surface area contributed by atoms with Gasteiger partial charge in [-0.05, 0) is 40.8 Å². The molecule has 2 rings (SSSR count). The second-order valence-electron chi connectivity index (χ2n) is 3.49. The highest BCUT2D eigenvalue weighted by Crippen LogP contribution is 2.17. The molecule has 0 aliphatic rings. The minimum Gasteiger partial charge on any atom is -0.395 e. The van der Waals surface area contributed by atoms with E-state index in [1.54, 1.807) is 12.1 Å². The molecule has 0 spiro atoms. The van der Waals surface area contributed by atoms with E-state index in [1.807, 2.05) is 22.6 Å². The SMILES string of the molecule is N#Cc1cc(I)c(N)c(F)n1.N#Cc1ccc(N)c(F)n1. The molecule has 0 radical (unpaired) electrons. The Labute approximate surface area is 132 Å². The lowest BCUT2D eigenvalue weighted by atomic mass is 10.3. The maximum absolute atomic E-state index is 12.6. The van der Waals surface area contributed by atoms with Gasteiger partial charge in [-0.1, -0.05) is 0 Å². The predicted octanol–water partition coefficient (Wildman–Crippen LogP) is 1.95. The van der Waals surface area contributed by atoms with Crippen LogP contribution in [-0.4, -0.2) is 9.97 Å². The maximum atomic E-state index is 12.6. The molecule has 106 valence electrons. The Balaban J connectivity index is 0.000000211. The molecule has 0 aliphatic heterocycles. The first-order valence-corrected chi connectivity index (χ1v) is 6.30. The van der Waals surface area contributed by atoms with Crippen LogP contribution in [0.15, 0.2) is 18.2 Å². The van der Waals surface area contributed by atoms with E-state index in [9.17, 15) is 8.78 Å². The average Bonchev–Trinajstić information content (AvgIpc) is 2.47. The van der Waals surface area contributed by atoms with Crippen LogP contribution in [0.4, 0.5) is 20.2 Å². The molecule has 21 heavy (non-hydrogen) atoms. The van der Waals surface area contributed by atoms with Crippen molar-refractivity contribution in [1.82, 2.24) is 9.97 Å². The first kappa shape index (κ1) is 16.5. The zero-order valence-corrected chi connectivity index (χ0v) is 12.5. The van der Waals surface area contributed by atoms with Crippen LogP contribution in [0, 0.1) is 38.1 Å². The van der Waals surface area contributed by atoms with E-state index in [-0.39, 0.29) is 22.8 Å². The van der Waals surface area contributed by atoms with Gasteiger partial charge < -0.3 is 11.5 Å². The Bertz CT molecular complexity index is 727. The number of aromatic nitrogens is 2. The van der Waals surface area contributed by atoms with Gasteiger partial charge in [0.2, 0.25) is 11.9 Å². The van der Waals surface area contributed by atoms with Gasteiger partial charge >= 0.3 is 0 Å². The standard InChI is InChI=1S/C6H3FIN3.C6H4FN3/c7-6-5(10)4(8)1-3(2-9)11-6;7-6-5(9)2-1-4(3-8)10-6/h1H,10H2;1-2H,9H2. The van der Waals surface area contributed by atoms with Gasteiger partial charge in [-0.3, -0.25) is 0 Å². The van der Waals surface area contributed by atoms with Gasteiger partial charge in [-0.2, -0.15) is 19.3 Å². The lowest BCUT2D eigenvalue weighted by Crippen LogP contribution is -1.99. The number of pyridine rings is 2. The molecule has 0 unspecified atom stereocenters. The van der Waals surface area contributed by atoms with E-state index >= 15 is 0 Å². The Morgan fingerprint density at radius 1 is 1.00 bits per heavy atom. The fraction of sp³-hybridized carbons (Fsp3) is 0. The highest BCUT2D eigenvalue weighted by Gasteiger charge is 2.06. The fourth-order valence-corrected chi connectivity index (χ4v) is 1.58. The number of anilines is 2. The monoisotopic (exact) mass is 400 g/mol. The molecule has 0 aromatic carbocycles. The number of nitrogen functional groups attached to an aromatic ring is 2. The van der Waals surface area contributed by atoms with Crippen molar-refractivity contribution in [2.75, 3.05) is 11.5 Å². The summed E-state index contributed by atoms with van der Waals surface area (Å²) in [5.41, 5.74) is 10.4. The van der Waals surface area contributed by atoms with Crippen LogP contribution in [0.1, 0.15) is 11.4 Å². The van der Waals surface area contributed by atoms with Crippen LogP contribution in [-0.2, 0) is 0 Å². The third-order valence-corrected chi connectivity index (χ3v) is 2.96. The molecule has 0 fully saturated rings. The lowest BCUT2D eigenvalue weighted by Gasteiger charge is -1.97. The number of nitrogens with zero attached hydrogens (tertiary/aromatic N) is 4. The van der Waals surface area contributed by atoms with Crippen LogP contribution in [0.25, 0.3) is 0 Å². The van der Waals surface area contributed by atoms with Crippen molar-refractivity contribution in [2.45, 2.75) is 0 Å². The minimum atomic E-state index is -0.793. The van der Waals surface area contributed by atoms with Gasteiger partial charge in [0.15, 0.2) is 0 Å². The van der Waals surface area contributed by atoms with Crippen LogP contribution in [0.5, 0.6) is 0 Å². The molecule has 2 aromatic rings. The van der Waals surface area contributed by atoms with Gasteiger partial charge in [0.25, 0.3) is 0 Å². The number of halogens is 3. The van der Waals surface area contributed by atoms with E-state index < -0.39 is 11.9 Å². The summed E-state index contributed by atoms with van der Waals surface area (Å²) in [7, 11) is 0. The largest absolute Gasteiger partial charge is 0.395 e. The topological polar surface area (TPSA) is 125 Å². The summed E-state index contributed by atoms with van der Waals surface area (Å²) in [5.74, 6) is -1.58. The maximum Gasteiger partial charge on any atom is 0.238 e. The second kappa shape index (κ2) is 7.31. The molecule has 9 heteroatoms. The highest BCUT2D eigenvalue weighted by molar-refractivity contribution is 14.1. The number of hydrogen-bond donors (Lipinski definition) is 2. The molecule has 0 amide bonds. The van der Waals surface area contributed by atoms with Crippen molar-refractivity contribution >= 4 is 34.0 Å². The Kier molecular flexibility index (Phi) is 5.75. The first-order chi connectivity index (χ1) is 9.88. The molecule has 0 atom stereocenters. The molecule has 4 N–H and O–H groups in total. The minimum absolute atomic E-state index is 0.00963. The van der Waals surface area contributed by atoms with Gasteiger partial charge in [0.05, 0.1) is 5.69 Å². The van der Waals surface area contributed by atoms with E-state index in [0.29, 0.717) is 3.57 Å². The van der Waals surface area contributed by atoms with Crippen LogP contribution in [0.2, 0.25) is 0 Å². The van der Waals surface area contributed by atoms with Gasteiger partial charge in [-0.15, -0.1) is 0 Å². The zero-order valence-electron chi connectivity index (χ0n) is 10.3. The predicted molar refractivity (Wildman–Crippen MR) is 79.4 cm³/mol. The zero-order chi connectivity index (χ0) is 16.0. The molecular formula is C12H7F2IN6. The van der Waals surface area contributed by atoms with Crippen molar-refractivity contribution < 1.29 is 8.78 Å². The lowest BCUT2D eigenvalue weighted by molar-refractivity contribution is 0.586. The van der Waals surface area contributed by atoms with Gasteiger partial charge in [0, 0.05) is 3.57 Å². The third kappa shape index (κ3) is 4.50. The third-order valence-electron chi connectivity index (χ3n) is 2.07. The quantitative estimate of drug-likeness (QED) is 0.515. The molecule has 0 saturated heterocycles. The van der Waals surface area contributed by atoms with Crippen molar-refractivity contribution in [3.63, 3.8) is 0 Å². The van der Waals surface area contributed by atoms with Crippen LogP contribution < -0.4 is 11.5 Å². The molecule has 6 nitrogen and oxygen atoms in total. The summed E-state index contributed by atoms with van der Waals surface area (Å²) in [6.45, 7) is 0. The van der Waals surface area contributed by atoms with Crippen molar-refractivity contribution in [1.29, 1.82) is 10.5 Å². The number of hydrogen-bond acceptors (Lipinski definition) is 6. The Morgan fingerprint density at radius 3 is 2.05 bits per heavy atom. The summed E-state index contributed by atoms with van der Waals surface area (Å²) in [6, 6.07) is 7.51. The smallest absolute Gasteiger partial charge is 0.238 e. The summed E-state index contributed by atoms with van der Waals surface area (Å²) in [6.07, 6.45) is 0. The molecule has 0 bridgehead atoms. The van der Waals surface area contributed by atoms with Crippen molar-refractivity contribution in [3.05, 3.63) is 45.1 Å². The number of nitrogens with two attached hydrogens (primary N) is 2. The summed E-state index contributed by atoms with van der Waals surface area (Å²) in [5, 5.41) is 16.6. The van der Waals surface area contributed by atoms with Crippen LogP contribution in [0.3, 0.4) is 0 Å². The van der Waals surface area contributed by atoms with E-state index in [0.717, 1.165) is 0 Å². The average molecular weight is 400 g/mol. The summed E-state index contributed by atoms with van der Waals surface area (Å²) >= 11 is 1.84. The first-order valence-electron chi connectivity index (χ1n) is 5.22. The molecule has 2 heterocycles. The summed E-state index contributed by atoms with van der Waals surface area (Å²) < 4.78 is 25.5.